The Hall–Kier alpha value is -2.46. The smallest absolute Gasteiger partial charge is 0.257 e. The Balaban J connectivity index is 1.72. The van der Waals surface area contributed by atoms with Crippen LogP contribution >= 0.6 is 11.3 Å². The molecule has 1 amide bonds. The van der Waals surface area contributed by atoms with E-state index in [-0.39, 0.29) is 11.3 Å². The molecular formula is C20H20N2OS. The lowest BCUT2D eigenvalue weighted by Crippen LogP contribution is -2.14. The largest absolute Gasteiger partial charge is 0.298 e. The molecule has 1 aromatic heterocycles. The van der Waals surface area contributed by atoms with Crippen LogP contribution in [-0.4, -0.2) is 10.9 Å². The molecule has 1 N–H and O–H groups in total. The maximum Gasteiger partial charge on any atom is 0.257 e. The molecule has 0 bridgehead atoms. The molecule has 1 heterocycles. The minimum absolute atomic E-state index is 0.0783. The van der Waals surface area contributed by atoms with E-state index in [1.165, 1.54) is 16.9 Å². The zero-order valence-electron chi connectivity index (χ0n) is 14.0. The fraction of sp³-hybridized carbons (Fsp3) is 0.200. The third kappa shape index (κ3) is 3.71. The number of hydrogen-bond acceptors (Lipinski definition) is 3. The van der Waals surface area contributed by atoms with Gasteiger partial charge in [-0.3, -0.25) is 10.1 Å². The molecule has 0 fully saturated rings. The molecule has 0 radical (unpaired) electrons. The summed E-state index contributed by atoms with van der Waals surface area (Å²) < 4.78 is 0. The number of nitrogens with one attached hydrogen (secondary N) is 1. The van der Waals surface area contributed by atoms with Crippen molar-refractivity contribution in [3.8, 4) is 10.4 Å². The van der Waals surface area contributed by atoms with Crippen LogP contribution in [-0.2, 0) is 5.41 Å². The highest BCUT2D eigenvalue weighted by molar-refractivity contribution is 7.19. The summed E-state index contributed by atoms with van der Waals surface area (Å²) in [7, 11) is 0. The van der Waals surface area contributed by atoms with Gasteiger partial charge in [-0.15, -0.1) is 0 Å². The number of benzene rings is 2. The Morgan fingerprint density at radius 3 is 2.29 bits per heavy atom. The summed E-state index contributed by atoms with van der Waals surface area (Å²) in [6, 6.07) is 17.8. The van der Waals surface area contributed by atoms with Gasteiger partial charge in [-0.05, 0) is 28.7 Å². The maximum absolute atomic E-state index is 12.4. The molecule has 3 nitrogen and oxygen atoms in total. The maximum atomic E-state index is 12.4. The molecule has 0 saturated heterocycles. The second kappa shape index (κ2) is 6.57. The Morgan fingerprint density at radius 1 is 1.00 bits per heavy atom. The number of thiazole rings is 1. The van der Waals surface area contributed by atoms with E-state index in [0.29, 0.717) is 10.7 Å². The third-order valence-electron chi connectivity index (χ3n) is 3.80. The van der Waals surface area contributed by atoms with Crippen molar-refractivity contribution in [2.45, 2.75) is 26.2 Å². The molecule has 0 atom stereocenters. The van der Waals surface area contributed by atoms with Gasteiger partial charge in [0.25, 0.3) is 5.91 Å². The Morgan fingerprint density at radius 2 is 1.67 bits per heavy atom. The molecule has 0 aliphatic carbocycles. The van der Waals surface area contributed by atoms with Crippen LogP contribution in [0.1, 0.15) is 36.7 Å². The molecule has 0 spiro atoms. The molecule has 0 unspecified atom stereocenters. The van der Waals surface area contributed by atoms with Crippen molar-refractivity contribution >= 4 is 22.4 Å². The van der Waals surface area contributed by atoms with Gasteiger partial charge in [0.05, 0.1) is 4.88 Å². The van der Waals surface area contributed by atoms with Crippen molar-refractivity contribution in [2.75, 3.05) is 5.32 Å². The number of hydrogen-bond donors (Lipinski definition) is 1. The molecule has 0 aliphatic rings. The zero-order chi connectivity index (χ0) is 17.2. The van der Waals surface area contributed by atoms with Crippen molar-refractivity contribution < 1.29 is 4.79 Å². The van der Waals surface area contributed by atoms with Crippen molar-refractivity contribution in [1.29, 1.82) is 0 Å². The Labute approximate surface area is 146 Å². The van der Waals surface area contributed by atoms with Crippen LogP contribution in [0.15, 0.2) is 60.8 Å². The number of aromatic nitrogens is 1. The number of amides is 1. The molecule has 4 heteroatoms. The molecule has 24 heavy (non-hydrogen) atoms. The Bertz CT molecular complexity index is 830. The first-order chi connectivity index (χ1) is 11.4. The summed E-state index contributed by atoms with van der Waals surface area (Å²) in [5, 5.41) is 3.48. The fourth-order valence-electron chi connectivity index (χ4n) is 2.36. The summed E-state index contributed by atoms with van der Waals surface area (Å²) in [4.78, 5) is 17.7. The quantitative estimate of drug-likeness (QED) is 0.699. The van der Waals surface area contributed by atoms with Crippen LogP contribution in [0.4, 0.5) is 5.13 Å². The van der Waals surface area contributed by atoms with Crippen LogP contribution in [0.25, 0.3) is 10.4 Å². The topological polar surface area (TPSA) is 42.0 Å². The predicted octanol–water partition coefficient (Wildman–Crippen LogP) is 5.36. The van der Waals surface area contributed by atoms with E-state index in [1.807, 2.05) is 54.6 Å². The lowest BCUT2D eigenvalue weighted by molar-refractivity contribution is 0.102. The molecule has 0 saturated carbocycles. The summed E-state index contributed by atoms with van der Waals surface area (Å²) >= 11 is 1.47. The van der Waals surface area contributed by atoms with Crippen molar-refractivity contribution in [3.05, 3.63) is 71.9 Å². The van der Waals surface area contributed by atoms with Gasteiger partial charge in [0, 0.05) is 11.8 Å². The highest BCUT2D eigenvalue weighted by Crippen LogP contribution is 2.29. The monoisotopic (exact) mass is 336 g/mol. The number of carbonyl (C=O) groups excluding carboxylic acids is 1. The average molecular weight is 336 g/mol. The highest BCUT2D eigenvalue weighted by atomic mass is 32.1. The summed E-state index contributed by atoms with van der Waals surface area (Å²) in [6.07, 6.45) is 1.79. The lowest BCUT2D eigenvalue weighted by Gasteiger charge is -2.18. The molecular weight excluding hydrogens is 316 g/mol. The van der Waals surface area contributed by atoms with E-state index < -0.39 is 0 Å². The van der Waals surface area contributed by atoms with Gasteiger partial charge in [-0.2, -0.15) is 0 Å². The number of anilines is 1. The summed E-state index contributed by atoms with van der Waals surface area (Å²) in [5.41, 5.74) is 3.03. The molecule has 3 aromatic rings. The Kier molecular flexibility index (Phi) is 4.49. The van der Waals surface area contributed by atoms with Gasteiger partial charge < -0.3 is 0 Å². The van der Waals surface area contributed by atoms with Gasteiger partial charge in [0.1, 0.15) is 0 Å². The summed E-state index contributed by atoms with van der Waals surface area (Å²) in [6.45, 7) is 6.47. The SMILES string of the molecule is CC(C)(C)c1ccc(C(=O)Nc2ncc(-c3ccccc3)s2)cc1. The average Bonchev–Trinajstić information content (AvgIpc) is 3.03. The van der Waals surface area contributed by atoms with E-state index >= 15 is 0 Å². The van der Waals surface area contributed by atoms with Crippen LogP contribution in [0.5, 0.6) is 0 Å². The van der Waals surface area contributed by atoms with Crippen LogP contribution in [0, 0.1) is 0 Å². The second-order valence-corrected chi connectivity index (χ2v) is 7.71. The second-order valence-electron chi connectivity index (χ2n) is 6.68. The van der Waals surface area contributed by atoms with Gasteiger partial charge >= 0.3 is 0 Å². The third-order valence-corrected chi connectivity index (χ3v) is 4.76. The molecule has 2 aromatic carbocycles. The first-order valence-electron chi connectivity index (χ1n) is 7.86. The number of rotatable bonds is 3. The van der Waals surface area contributed by atoms with E-state index in [4.69, 9.17) is 0 Å². The van der Waals surface area contributed by atoms with Crippen LogP contribution in [0.3, 0.4) is 0 Å². The molecule has 0 aliphatic heterocycles. The van der Waals surface area contributed by atoms with Crippen molar-refractivity contribution in [1.82, 2.24) is 4.98 Å². The standard InChI is InChI=1S/C20H20N2OS/c1-20(2,3)16-11-9-15(10-12-16)18(23)22-19-21-13-17(24-19)14-7-5-4-6-8-14/h4-13H,1-3H3,(H,21,22,23). The van der Waals surface area contributed by atoms with E-state index in [0.717, 1.165) is 10.4 Å². The molecule has 3 rings (SSSR count). The van der Waals surface area contributed by atoms with Gasteiger partial charge in [0.2, 0.25) is 0 Å². The normalized spacial score (nSPS) is 11.3. The first kappa shape index (κ1) is 16.4. The van der Waals surface area contributed by atoms with E-state index in [1.54, 1.807) is 6.20 Å². The van der Waals surface area contributed by atoms with Crippen molar-refractivity contribution in [3.63, 3.8) is 0 Å². The van der Waals surface area contributed by atoms with E-state index in [9.17, 15) is 4.79 Å². The highest BCUT2D eigenvalue weighted by Gasteiger charge is 2.15. The number of carbonyl (C=O) groups is 1. The van der Waals surface area contributed by atoms with E-state index in [2.05, 4.69) is 31.1 Å². The summed E-state index contributed by atoms with van der Waals surface area (Å²) in [5.74, 6) is -0.135. The predicted molar refractivity (Wildman–Crippen MR) is 101 cm³/mol. The van der Waals surface area contributed by atoms with Crippen LogP contribution in [0.2, 0.25) is 0 Å². The minimum Gasteiger partial charge on any atom is -0.298 e. The van der Waals surface area contributed by atoms with Crippen LogP contribution < -0.4 is 5.32 Å². The zero-order valence-corrected chi connectivity index (χ0v) is 14.9. The van der Waals surface area contributed by atoms with Gasteiger partial charge in [-0.1, -0.05) is 74.6 Å². The first-order valence-corrected chi connectivity index (χ1v) is 8.68. The van der Waals surface area contributed by atoms with Crippen molar-refractivity contribution in [2.24, 2.45) is 0 Å². The number of nitrogens with zero attached hydrogens (tertiary/aromatic N) is 1. The lowest BCUT2D eigenvalue weighted by atomic mass is 9.87. The molecule has 122 valence electrons. The fourth-order valence-corrected chi connectivity index (χ4v) is 3.18. The van der Waals surface area contributed by atoms with Gasteiger partial charge in [0.15, 0.2) is 5.13 Å². The van der Waals surface area contributed by atoms with Gasteiger partial charge in [-0.25, -0.2) is 4.98 Å². The minimum atomic E-state index is -0.135.